The first kappa shape index (κ1) is 12.5. The SMILES string of the molecule is CCCN1CCN(C)CC1CCC(=O)O. The molecule has 1 aliphatic rings. The molecule has 1 unspecified atom stereocenters. The van der Waals surface area contributed by atoms with Crippen LogP contribution in [0.25, 0.3) is 0 Å². The molecule has 4 nitrogen and oxygen atoms in total. The Bertz CT molecular complexity index is 209. The molecule has 15 heavy (non-hydrogen) atoms. The van der Waals surface area contributed by atoms with Gasteiger partial charge in [0.2, 0.25) is 0 Å². The van der Waals surface area contributed by atoms with Gasteiger partial charge in [-0.3, -0.25) is 9.69 Å². The summed E-state index contributed by atoms with van der Waals surface area (Å²) in [5, 5.41) is 8.69. The number of nitrogens with zero attached hydrogens (tertiary/aromatic N) is 2. The van der Waals surface area contributed by atoms with E-state index >= 15 is 0 Å². The average Bonchev–Trinajstić information content (AvgIpc) is 2.18. The monoisotopic (exact) mass is 214 g/mol. The third-order valence-electron chi connectivity index (χ3n) is 3.01. The van der Waals surface area contributed by atoms with E-state index in [1.54, 1.807) is 0 Å². The van der Waals surface area contributed by atoms with Crippen LogP contribution >= 0.6 is 0 Å². The molecule has 1 aliphatic heterocycles. The van der Waals surface area contributed by atoms with Gasteiger partial charge in [-0.05, 0) is 26.4 Å². The van der Waals surface area contributed by atoms with Crippen LogP contribution in [0.1, 0.15) is 26.2 Å². The van der Waals surface area contributed by atoms with Gasteiger partial charge in [-0.25, -0.2) is 0 Å². The summed E-state index contributed by atoms with van der Waals surface area (Å²) >= 11 is 0. The zero-order chi connectivity index (χ0) is 11.3. The first-order valence-electron chi connectivity index (χ1n) is 5.78. The number of piperazine rings is 1. The molecule has 0 saturated carbocycles. The Labute approximate surface area is 91.9 Å². The maximum absolute atomic E-state index is 10.6. The average molecular weight is 214 g/mol. The van der Waals surface area contributed by atoms with Crippen molar-refractivity contribution in [3.8, 4) is 0 Å². The number of aliphatic carboxylic acids is 1. The van der Waals surface area contributed by atoms with Crippen molar-refractivity contribution in [1.82, 2.24) is 9.80 Å². The lowest BCUT2D eigenvalue weighted by molar-refractivity contribution is -0.137. The largest absolute Gasteiger partial charge is 0.481 e. The second-order valence-electron chi connectivity index (χ2n) is 4.38. The van der Waals surface area contributed by atoms with E-state index in [9.17, 15) is 4.79 Å². The fourth-order valence-corrected chi connectivity index (χ4v) is 2.19. The zero-order valence-electron chi connectivity index (χ0n) is 9.78. The van der Waals surface area contributed by atoms with Gasteiger partial charge < -0.3 is 10.0 Å². The van der Waals surface area contributed by atoms with E-state index in [4.69, 9.17) is 5.11 Å². The van der Waals surface area contributed by atoms with Crippen molar-refractivity contribution < 1.29 is 9.90 Å². The normalized spacial score (nSPS) is 24.3. The summed E-state index contributed by atoms with van der Waals surface area (Å²) in [5.41, 5.74) is 0. The van der Waals surface area contributed by atoms with E-state index in [2.05, 4.69) is 23.8 Å². The molecule has 88 valence electrons. The van der Waals surface area contributed by atoms with Crippen LogP contribution in [-0.4, -0.2) is 60.1 Å². The van der Waals surface area contributed by atoms with E-state index in [0.29, 0.717) is 12.5 Å². The molecule has 1 fully saturated rings. The summed E-state index contributed by atoms with van der Waals surface area (Å²) in [6.45, 7) is 6.45. The number of rotatable bonds is 5. The van der Waals surface area contributed by atoms with E-state index < -0.39 is 5.97 Å². The number of hydrogen-bond acceptors (Lipinski definition) is 3. The molecule has 0 aromatic heterocycles. The first-order valence-corrected chi connectivity index (χ1v) is 5.78. The number of likely N-dealkylation sites (N-methyl/N-ethyl adjacent to an activating group) is 1. The van der Waals surface area contributed by atoms with Crippen LogP contribution in [0.3, 0.4) is 0 Å². The van der Waals surface area contributed by atoms with Gasteiger partial charge in [0.05, 0.1) is 0 Å². The fourth-order valence-electron chi connectivity index (χ4n) is 2.19. The lowest BCUT2D eigenvalue weighted by Crippen LogP contribution is -2.52. The van der Waals surface area contributed by atoms with Gasteiger partial charge in [0.25, 0.3) is 0 Å². The van der Waals surface area contributed by atoms with E-state index in [0.717, 1.165) is 39.0 Å². The maximum atomic E-state index is 10.6. The number of carboxylic acid groups (broad SMARTS) is 1. The minimum absolute atomic E-state index is 0.290. The predicted octanol–water partition coefficient (Wildman–Crippen LogP) is 0.877. The van der Waals surface area contributed by atoms with Crippen LogP contribution < -0.4 is 0 Å². The Balaban J connectivity index is 2.42. The standard InChI is InChI=1S/C11H22N2O2/c1-3-6-13-8-7-12(2)9-10(13)4-5-11(14)15/h10H,3-9H2,1-2H3,(H,14,15). The topological polar surface area (TPSA) is 43.8 Å². The molecular weight excluding hydrogens is 192 g/mol. The van der Waals surface area contributed by atoms with Gasteiger partial charge in [0, 0.05) is 32.1 Å². The highest BCUT2D eigenvalue weighted by atomic mass is 16.4. The van der Waals surface area contributed by atoms with Crippen LogP contribution in [0.4, 0.5) is 0 Å². The van der Waals surface area contributed by atoms with Crippen LogP contribution in [0, 0.1) is 0 Å². The van der Waals surface area contributed by atoms with Gasteiger partial charge >= 0.3 is 5.97 Å². The smallest absolute Gasteiger partial charge is 0.303 e. The minimum atomic E-state index is -0.681. The highest BCUT2D eigenvalue weighted by Crippen LogP contribution is 2.13. The summed E-state index contributed by atoms with van der Waals surface area (Å²) < 4.78 is 0. The van der Waals surface area contributed by atoms with E-state index in [-0.39, 0.29) is 0 Å². The summed E-state index contributed by atoms with van der Waals surface area (Å²) in [6.07, 6.45) is 2.21. The lowest BCUT2D eigenvalue weighted by Gasteiger charge is -2.39. The molecule has 1 saturated heterocycles. The molecule has 1 atom stereocenters. The fraction of sp³-hybridized carbons (Fsp3) is 0.909. The van der Waals surface area contributed by atoms with Crippen molar-refractivity contribution in [2.75, 3.05) is 33.2 Å². The van der Waals surface area contributed by atoms with Crippen LogP contribution in [0.2, 0.25) is 0 Å². The van der Waals surface area contributed by atoms with E-state index in [1.165, 1.54) is 0 Å². The minimum Gasteiger partial charge on any atom is -0.481 e. The summed E-state index contributed by atoms with van der Waals surface area (Å²) in [7, 11) is 2.11. The second-order valence-corrected chi connectivity index (χ2v) is 4.38. The summed E-state index contributed by atoms with van der Waals surface area (Å²) in [6, 6.07) is 0.430. The highest BCUT2D eigenvalue weighted by Gasteiger charge is 2.24. The summed E-state index contributed by atoms with van der Waals surface area (Å²) in [4.78, 5) is 15.3. The van der Waals surface area contributed by atoms with Crippen LogP contribution in [0.5, 0.6) is 0 Å². The molecule has 1 rings (SSSR count). The third kappa shape index (κ3) is 4.18. The molecule has 0 aliphatic carbocycles. The van der Waals surface area contributed by atoms with Gasteiger partial charge in [-0.15, -0.1) is 0 Å². The molecule has 0 radical (unpaired) electrons. The maximum Gasteiger partial charge on any atom is 0.303 e. The first-order chi connectivity index (χ1) is 7.13. The van der Waals surface area contributed by atoms with Crippen molar-refractivity contribution in [2.24, 2.45) is 0 Å². The Kier molecular flexibility index (Phi) is 5.05. The van der Waals surface area contributed by atoms with E-state index in [1.807, 2.05) is 0 Å². The molecule has 4 heteroatoms. The van der Waals surface area contributed by atoms with Crippen molar-refractivity contribution in [3.05, 3.63) is 0 Å². The molecular formula is C11H22N2O2. The second kappa shape index (κ2) is 6.08. The summed E-state index contributed by atoms with van der Waals surface area (Å²) in [5.74, 6) is -0.681. The Morgan fingerprint density at radius 2 is 2.20 bits per heavy atom. The van der Waals surface area contributed by atoms with Gasteiger partial charge in [-0.2, -0.15) is 0 Å². The Hall–Kier alpha value is -0.610. The van der Waals surface area contributed by atoms with Gasteiger partial charge in [0.15, 0.2) is 0 Å². The molecule has 0 amide bonds. The van der Waals surface area contributed by atoms with Crippen molar-refractivity contribution in [1.29, 1.82) is 0 Å². The van der Waals surface area contributed by atoms with Crippen LogP contribution in [-0.2, 0) is 4.79 Å². The van der Waals surface area contributed by atoms with Crippen molar-refractivity contribution in [3.63, 3.8) is 0 Å². The third-order valence-corrected chi connectivity index (χ3v) is 3.01. The zero-order valence-corrected chi connectivity index (χ0v) is 9.78. The van der Waals surface area contributed by atoms with Crippen LogP contribution in [0.15, 0.2) is 0 Å². The molecule has 1 heterocycles. The molecule has 1 N–H and O–H groups in total. The molecule has 0 bridgehead atoms. The number of carboxylic acids is 1. The molecule has 0 aromatic carbocycles. The predicted molar refractivity (Wildman–Crippen MR) is 60.0 cm³/mol. The number of carbonyl (C=O) groups is 1. The molecule has 0 aromatic rings. The lowest BCUT2D eigenvalue weighted by atomic mass is 10.1. The Morgan fingerprint density at radius 3 is 2.80 bits per heavy atom. The quantitative estimate of drug-likeness (QED) is 0.738. The van der Waals surface area contributed by atoms with Gasteiger partial charge in [-0.1, -0.05) is 6.92 Å². The van der Waals surface area contributed by atoms with Crippen molar-refractivity contribution in [2.45, 2.75) is 32.2 Å². The molecule has 0 spiro atoms. The van der Waals surface area contributed by atoms with Gasteiger partial charge in [0.1, 0.15) is 0 Å². The Morgan fingerprint density at radius 1 is 1.47 bits per heavy atom. The highest BCUT2D eigenvalue weighted by molar-refractivity contribution is 5.66. The van der Waals surface area contributed by atoms with Crippen molar-refractivity contribution >= 4 is 5.97 Å². The number of hydrogen-bond donors (Lipinski definition) is 1.